The van der Waals surface area contributed by atoms with E-state index < -0.39 is 7.25 Å². The monoisotopic (exact) mass is 240 g/mol. The molecule has 1 aromatic carbocycles. The third-order valence-electron chi connectivity index (χ3n) is 1.26. The van der Waals surface area contributed by atoms with E-state index in [1.54, 1.807) is 18.2 Å². The van der Waals surface area contributed by atoms with Crippen LogP contribution in [0.5, 0.6) is 0 Å². The molecule has 1 rings (SSSR count). The van der Waals surface area contributed by atoms with Gasteiger partial charge in [-0.2, -0.15) is 0 Å². The van der Waals surface area contributed by atoms with Crippen LogP contribution in [0.25, 0.3) is 4.98 Å². The van der Waals surface area contributed by atoms with Crippen molar-refractivity contribution in [2.45, 2.75) is 6.92 Å². The molecule has 0 aliphatic heterocycles. The zero-order chi connectivity index (χ0) is 12.1. The molecule has 0 heterocycles. The van der Waals surface area contributed by atoms with Gasteiger partial charge in [-0.05, 0) is 18.6 Å². The Hall–Kier alpha value is -1.29. The topological polar surface area (TPSA) is 28.1 Å². The molecule has 0 saturated carbocycles. The molecule has 0 aromatic heterocycles. The molecule has 82 valence electrons. The Balaban J connectivity index is 0.000000336. The Labute approximate surface area is 88.6 Å². The Kier molecular flexibility index (Phi) is 5.08. The van der Waals surface area contributed by atoms with Crippen molar-refractivity contribution >= 4 is 24.5 Å². The Morgan fingerprint density at radius 1 is 1.27 bits per heavy atom. The summed E-state index contributed by atoms with van der Waals surface area (Å²) in [5.74, 6) is 0. The molecule has 0 aliphatic rings. The summed E-state index contributed by atoms with van der Waals surface area (Å²) in [4.78, 5) is 3.01. The molecule has 8 heteroatoms. The maximum atomic E-state index is 9.75. The Morgan fingerprint density at radius 2 is 1.73 bits per heavy atom. The van der Waals surface area contributed by atoms with Crippen LogP contribution in [-0.2, 0) is 0 Å². The molecular weight excluding hydrogens is 234 g/mol. The smallest absolute Gasteiger partial charge is 0.418 e. The van der Waals surface area contributed by atoms with Gasteiger partial charge in [0.15, 0.2) is 4.98 Å². The van der Waals surface area contributed by atoms with Crippen molar-refractivity contribution in [3.8, 4) is 0 Å². The predicted octanol–water partition coefficient (Wildman–Crippen LogP) is 4.43. The quantitative estimate of drug-likeness (QED) is 0.374. The lowest BCUT2D eigenvalue weighted by Gasteiger charge is -1.94. The highest BCUT2D eigenvalue weighted by molar-refractivity contribution is 6.50. The lowest BCUT2D eigenvalue weighted by atomic mass is 10.2. The number of benzene rings is 1. The number of hydrogen-bond donors (Lipinski definition) is 0. The first-order valence-electron chi connectivity index (χ1n) is 3.72. The minimum Gasteiger partial charge on any atom is -0.418 e. The van der Waals surface area contributed by atoms with Crippen LogP contribution >= 0.6 is 11.6 Å². The highest BCUT2D eigenvalue weighted by Crippen LogP contribution is 2.20. The molecule has 0 radical (unpaired) electrons. The summed E-state index contributed by atoms with van der Waals surface area (Å²) in [5.41, 5.74) is 1.44. The van der Waals surface area contributed by atoms with Crippen molar-refractivity contribution in [1.29, 1.82) is 5.39 Å². The first-order valence-corrected chi connectivity index (χ1v) is 4.10. The second kappa shape index (κ2) is 5.56. The summed E-state index contributed by atoms with van der Waals surface area (Å²) in [7, 11) is -6.00. The molecule has 0 fully saturated rings. The molecular formula is C7H6BClF4N2. The average Bonchev–Trinajstić information content (AvgIpc) is 2.07. The zero-order valence-electron chi connectivity index (χ0n) is 7.59. The van der Waals surface area contributed by atoms with Gasteiger partial charge in [-0.1, -0.05) is 11.6 Å². The van der Waals surface area contributed by atoms with Crippen LogP contribution < -0.4 is 0 Å². The fourth-order valence-corrected chi connectivity index (χ4v) is 0.809. The molecule has 0 amide bonds. The van der Waals surface area contributed by atoms with E-state index in [1.807, 2.05) is 6.92 Å². The van der Waals surface area contributed by atoms with Crippen LogP contribution in [-0.4, -0.2) is 7.25 Å². The highest BCUT2D eigenvalue weighted by atomic mass is 35.5. The van der Waals surface area contributed by atoms with E-state index in [0.717, 1.165) is 5.56 Å². The van der Waals surface area contributed by atoms with Crippen molar-refractivity contribution in [3.05, 3.63) is 33.8 Å². The number of halogens is 5. The largest absolute Gasteiger partial charge is 0.673 e. The van der Waals surface area contributed by atoms with Crippen LogP contribution in [0.15, 0.2) is 18.2 Å². The van der Waals surface area contributed by atoms with Crippen LogP contribution in [0.4, 0.5) is 23.0 Å². The second-order valence-corrected chi connectivity index (χ2v) is 2.94. The van der Waals surface area contributed by atoms with E-state index in [-0.39, 0.29) is 0 Å². The number of aryl methyl sites for hydroxylation is 1. The summed E-state index contributed by atoms with van der Waals surface area (Å²) in [6, 6.07) is 5.06. The normalized spacial score (nSPS) is 9.93. The van der Waals surface area contributed by atoms with Crippen molar-refractivity contribution < 1.29 is 17.3 Å². The molecule has 0 spiro atoms. The van der Waals surface area contributed by atoms with Gasteiger partial charge < -0.3 is 17.3 Å². The van der Waals surface area contributed by atoms with E-state index in [1.165, 1.54) is 0 Å². The first-order chi connectivity index (χ1) is 6.74. The number of hydrogen-bond acceptors (Lipinski definition) is 1. The standard InChI is InChI=1S/C7H6ClN2.BF4/c1-5-4-6(10-9)2-3-7(5)8;2-1(3,4)5/h2-4H,1H3;/q+1;-1. The van der Waals surface area contributed by atoms with Gasteiger partial charge in [-0.25, -0.2) is 0 Å². The van der Waals surface area contributed by atoms with Crippen molar-refractivity contribution in [1.82, 2.24) is 0 Å². The third kappa shape index (κ3) is 7.76. The molecule has 1 aromatic rings. The molecule has 0 bridgehead atoms. The molecule has 0 aliphatic carbocycles. The number of nitrogens with zero attached hydrogens (tertiary/aromatic N) is 2. The highest BCUT2D eigenvalue weighted by Gasteiger charge is 2.20. The number of rotatable bonds is 0. The van der Waals surface area contributed by atoms with Crippen molar-refractivity contribution in [2.75, 3.05) is 0 Å². The third-order valence-corrected chi connectivity index (χ3v) is 1.68. The Morgan fingerprint density at radius 3 is 2.07 bits per heavy atom. The lowest BCUT2D eigenvalue weighted by molar-refractivity contribution is 0.368. The van der Waals surface area contributed by atoms with Gasteiger partial charge in [0.2, 0.25) is 5.39 Å². The van der Waals surface area contributed by atoms with Gasteiger partial charge in [0, 0.05) is 17.2 Å². The van der Waals surface area contributed by atoms with E-state index >= 15 is 0 Å². The van der Waals surface area contributed by atoms with Gasteiger partial charge in [0.25, 0.3) is 0 Å². The van der Waals surface area contributed by atoms with E-state index in [4.69, 9.17) is 17.0 Å². The fraction of sp³-hybridized carbons (Fsp3) is 0.143. The summed E-state index contributed by atoms with van der Waals surface area (Å²) in [6.45, 7) is 1.86. The average molecular weight is 240 g/mol. The maximum absolute atomic E-state index is 9.75. The molecule has 15 heavy (non-hydrogen) atoms. The van der Waals surface area contributed by atoms with Crippen LogP contribution in [0.2, 0.25) is 5.02 Å². The van der Waals surface area contributed by atoms with Crippen LogP contribution in [0.3, 0.4) is 0 Å². The molecule has 0 N–H and O–H groups in total. The fourth-order valence-electron chi connectivity index (χ4n) is 0.691. The lowest BCUT2D eigenvalue weighted by Crippen LogP contribution is -2.02. The molecule has 0 saturated heterocycles. The van der Waals surface area contributed by atoms with Crippen molar-refractivity contribution in [2.24, 2.45) is 0 Å². The van der Waals surface area contributed by atoms with Crippen LogP contribution in [0, 0.1) is 12.3 Å². The Bertz CT molecular complexity index is 368. The van der Waals surface area contributed by atoms with Gasteiger partial charge in [-0.15, -0.1) is 0 Å². The van der Waals surface area contributed by atoms with Gasteiger partial charge in [-0.3, -0.25) is 0 Å². The summed E-state index contributed by atoms with van der Waals surface area (Å²) < 4.78 is 39.0. The van der Waals surface area contributed by atoms with E-state index in [0.29, 0.717) is 10.7 Å². The van der Waals surface area contributed by atoms with Crippen LogP contribution in [0.1, 0.15) is 5.56 Å². The minimum absolute atomic E-state index is 0.530. The first kappa shape index (κ1) is 13.7. The summed E-state index contributed by atoms with van der Waals surface area (Å²) in [6.07, 6.45) is 0. The molecule has 2 nitrogen and oxygen atoms in total. The maximum Gasteiger partial charge on any atom is 0.673 e. The van der Waals surface area contributed by atoms with E-state index in [2.05, 4.69) is 4.98 Å². The predicted molar refractivity (Wildman–Crippen MR) is 51.1 cm³/mol. The summed E-state index contributed by atoms with van der Waals surface area (Å²) >= 11 is 5.71. The molecule has 0 unspecified atom stereocenters. The van der Waals surface area contributed by atoms with Gasteiger partial charge in [0.05, 0.1) is 0 Å². The summed E-state index contributed by atoms with van der Waals surface area (Å²) in [5, 5.41) is 9.02. The zero-order valence-corrected chi connectivity index (χ0v) is 8.35. The molecule has 0 atom stereocenters. The SMILES string of the molecule is Cc1cc([N+]#N)ccc1Cl.F[B-](F)(F)F. The van der Waals surface area contributed by atoms with Gasteiger partial charge >= 0.3 is 12.9 Å². The van der Waals surface area contributed by atoms with Gasteiger partial charge in [0.1, 0.15) is 0 Å². The van der Waals surface area contributed by atoms with E-state index in [9.17, 15) is 17.3 Å². The number of diazo groups is 1. The minimum atomic E-state index is -6.00. The van der Waals surface area contributed by atoms with Crippen molar-refractivity contribution in [3.63, 3.8) is 0 Å². The second-order valence-electron chi connectivity index (χ2n) is 2.53.